The number of hydrogen-bond acceptors (Lipinski definition) is 2. The average molecular weight is 295 g/mol. The molecular weight excluding hydrogens is 280 g/mol. The van der Waals surface area contributed by atoms with Crippen LogP contribution in [0.2, 0.25) is 0 Å². The van der Waals surface area contributed by atoms with Gasteiger partial charge in [-0.3, -0.25) is 4.79 Å². The molecule has 19 heavy (non-hydrogen) atoms. The molecule has 0 bridgehead atoms. The summed E-state index contributed by atoms with van der Waals surface area (Å²) in [4.78, 5) is 10.9. The van der Waals surface area contributed by atoms with Crippen molar-refractivity contribution < 1.29 is 36.2 Å². The minimum absolute atomic E-state index is 0.0312. The van der Waals surface area contributed by atoms with Gasteiger partial charge in [-0.1, -0.05) is 12.8 Å². The lowest BCUT2D eigenvalue weighted by atomic mass is 10.1. The van der Waals surface area contributed by atoms with Crippen molar-refractivity contribution in [3.8, 4) is 0 Å². The van der Waals surface area contributed by atoms with Gasteiger partial charge in [-0.2, -0.15) is 26.3 Å². The molecule has 0 heterocycles. The number of halogens is 6. The van der Waals surface area contributed by atoms with Gasteiger partial charge in [-0.05, 0) is 12.8 Å². The van der Waals surface area contributed by atoms with Crippen molar-refractivity contribution in [3.05, 3.63) is 0 Å². The Hall–Kier alpha value is -0.990. The van der Waals surface area contributed by atoms with E-state index in [2.05, 4.69) is 0 Å². The molecule has 0 rings (SSSR count). The number of unbranched alkanes of at least 4 members (excludes halogenated alkanes) is 3. The van der Waals surface area contributed by atoms with Gasteiger partial charge in [0, 0.05) is 13.2 Å². The Morgan fingerprint density at radius 2 is 1.42 bits per heavy atom. The molecule has 0 radical (unpaired) electrons. The van der Waals surface area contributed by atoms with Gasteiger partial charge >= 0.3 is 12.4 Å². The standard InChI is InChI=1S/C10H15F6NO2/c11-9(12,13)7(10(14,15)16)8(19)17-5-3-1-2-4-6-18/h7,18H,1-6H2,(H,17,19). The topological polar surface area (TPSA) is 49.3 Å². The minimum Gasteiger partial charge on any atom is -0.396 e. The summed E-state index contributed by atoms with van der Waals surface area (Å²) in [6, 6.07) is 0. The smallest absolute Gasteiger partial charge is 0.396 e. The van der Waals surface area contributed by atoms with E-state index in [0.717, 1.165) is 0 Å². The van der Waals surface area contributed by atoms with E-state index in [9.17, 15) is 31.1 Å². The lowest BCUT2D eigenvalue weighted by molar-refractivity contribution is -0.274. The van der Waals surface area contributed by atoms with Crippen molar-refractivity contribution in [2.45, 2.75) is 38.0 Å². The highest BCUT2D eigenvalue weighted by atomic mass is 19.4. The molecule has 0 atom stereocenters. The molecule has 0 unspecified atom stereocenters. The Labute approximate surface area is 106 Å². The van der Waals surface area contributed by atoms with Gasteiger partial charge in [0.05, 0.1) is 0 Å². The van der Waals surface area contributed by atoms with Crippen molar-refractivity contribution in [3.63, 3.8) is 0 Å². The molecular formula is C10H15F6NO2. The summed E-state index contributed by atoms with van der Waals surface area (Å²) in [5.74, 6) is -6.07. The fraction of sp³-hybridized carbons (Fsp3) is 0.900. The van der Waals surface area contributed by atoms with Crippen LogP contribution in [0.15, 0.2) is 0 Å². The van der Waals surface area contributed by atoms with Crippen LogP contribution >= 0.6 is 0 Å². The maximum atomic E-state index is 12.1. The van der Waals surface area contributed by atoms with Crippen LogP contribution in [-0.2, 0) is 4.79 Å². The zero-order valence-corrected chi connectivity index (χ0v) is 9.94. The first-order valence-corrected chi connectivity index (χ1v) is 5.62. The summed E-state index contributed by atoms with van der Waals surface area (Å²) >= 11 is 0. The van der Waals surface area contributed by atoms with Crippen LogP contribution in [0.25, 0.3) is 0 Å². The Morgan fingerprint density at radius 1 is 0.947 bits per heavy atom. The van der Waals surface area contributed by atoms with Crippen molar-refractivity contribution in [2.75, 3.05) is 13.2 Å². The van der Waals surface area contributed by atoms with E-state index in [1.165, 1.54) is 0 Å². The summed E-state index contributed by atoms with van der Waals surface area (Å²) in [6.45, 7) is -0.288. The highest BCUT2D eigenvalue weighted by molar-refractivity contribution is 5.80. The highest BCUT2D eigenvalue weighted by Gasteiger charge is 2.60. The maximum Gasteiger partial charge on any atom is 0.409 e. The van der Waals surface area contributed by atoms with E-state index in [1.54, 1.807) is 5.32 Å². The van der Waals surface area contributed by atoms with Crippen molar-refractivity contribution in [1.82, 2.24) is 5.32 Å². The third kappa shape index (κ3) is 7.24. The van der Waals surface area contributed by atoms with Gasteiger partial charge in [-0.25, -0.2) is 0 Å². The van der Waals surface area contributed by atoms with Crippen LogP contribution in [0.5, 0.6) is 0 Å². The summed E-state index contributed by atoms with van der Waals surface area (Å²) in [7, 11) is 0. The van der Waals surface area contributed by atoms with Gasteiger partial charge < -0.3 is 10.4 Å². The molecule has 0 aliphatic heterocycles. The van der Waals surface area contributed by atoms with E-state index < -0.39 is 24.2 Å². The number of alkyl halides is 6. The molecule has 0 aliphatic carbocycles. The van der Waals surface area contributed by atoms with Crippen LogP contribution in [0.3, 0.4) is 0 Å². The third-order valence-corrected chi connectivity index (χ3v) is 2.30. The van der Waals surface area contributed by atoms with Crippen LogP contribution in [0, 0.1) is 5.92 Å². The fourth-order valence-electron chi connectivity index (χ4n) is 1.39. The Kier molecular flexibility index (Phi) is 7.17. The van der Waals surface area contributed by atoms with Gasteiger partial charge in [0.25, 0.3) is 0 Å². The predicted octanol–water partition coefficient (Wildman–Crippen LogP) is 2.40. The molecule has 0 saturated carbocycles. The van der Waals surface area contributed by atoms with Gasteiger partial charge in [-0.15, -0.1) is 0 Å². The maximum absolute atomic E-state index is 12.1. The highest BCUT2D eigenvalue weighted by Crippen LogP contribution is 2.39. The first-order chi connectivity index (χ1) is 8.60. The second-order valence-electron chi connectivity index (χ2n) is 3.95. The molecule has 0 aliphatic rings. The first kappa shape index (κ1) is 18.0. The third-order valence-electron chi connectivity index (χ3n) is 2.30. The van der Waals surface area contributed by atoms with Crippen molar-refractivity contribution in [1.29, 1.82) is 0 Å². The van der Waals surface area contributed by atoms with Crippen LogP contribution in [-0.4, -0.2) is 36.5 Å². The molecule has 2 N–H and O–H groups in total. The van der Waals surface area contributed by atoms with Crippen LogP contribution in [0.1, 0.15) is 25.7 Å². The SMILES string of the molecule is O=C(NCCCCCCO)C(C(F)(F)F)C(F)(F)F. The number of rotatable bonds is 7. The Balaban J connectivity index is 4.22. The normalized spacial score (nSPS) is 12.8. The first-order valence-electron chi connectivity index (χ1n) is 5.62. The number of hydrogen-bond donors (Lipinski definition) is 2. The zero-order valence-electron chi connectivity index (χ0n) is 9.94. The Bertz CT molecular complexity index is 262. The zero-order chi connectivity index (χ0) is 15.1. The fourth-order valence-corrected chi connectivity index (χ4v) is 1.39. The molecule has 114 valence electrons. The summed E-state index contributed by atoms with van der Waals surface area (Å²) in [6.07, 6.45) is -9.45. The largest absolute Gasteiger partial charge is 0.409 e. The number of carbonyl (C=O) groups is 1. The average Bonchev–Trinajstić information content (AvgIpc) is 2.18. The van der Waals surface area contributed by atoms with E-state index >= 15 is 0 Å². The molecule has 1 amide bonds. The predicted molar refractivity (Wildman–Crippen MR) is 54.2 cm³/mol. The van der Waals surface area contributed by atoms with Crippen LogP contribution in [0.4, 0.5) is 26.3 Å². The van der Waals surface area contributed by atoms with Gasteiger partial charge in [0.2, 0.25) is 11.8 Å². The molecule has 0 aromatic carbocycles. The second kappa shape index (κ2) is 7.56. The lowest BCUT2D eigenvalue weighted by Crippen LogP contribution is -2.48. The Morgan fingerprint density at radius 3 is 1.84 bits per heavy atom. The molecule has 0 spiro atoms. The van der Waals surface area contributed by atoms with Crippen molar-refractivity contribution in [2.24, 2.45) is 5.92 Å². The molecule has 3 nitrogen and oxygen atoms in total. The summed E-state index contributed by atoms with van der Waals surface area (Å²) in [5, 5.41) is 10.1. The summed E-state index contributed by atoms with van der Waals surface area (Å²) < 4.78 is 72.8. The van der Waals surface area contributed by atoms with E-state index in [-0.39, 0.29) is 19.6 Å². The number of aliphatic hydroxyl groups is 1. The molecule has 0 fully saturated rings. The van der Waals surface area contributed by atoms with E-state index in [4.69, 9.17) is 5.11 Å². The van der Waals surface area contributed by atoms with E-state index in [1.807, 2.05) is 0 Å². The quantitative estimate of drug-likeness (QED) is 0.560. The molecule has 9 heteroatoms. The lowest BCUT2D eigenvalue weighted by Gasteiger charge is -2.21. The molecule has 0 aromatic heterocycles. The summed E-state index contributed by atoms with van der Waals surface area (Å²) in [5.41, 5.74) is 0. The van der Waals surface area contributed by atoms with E-state index in [0.29, 0.717) is 19.3 Å². The number of nitrogens with one attached hydrogen (secondary N) is 1. The van der Waals surface area contributed by atoms with Gasteiger partial charge in [0.15, 0.2) is 0 Å². The number of aliphatic hydroxyl groups excluding tert-OH is 1. The van der Waals surface area contributed by atoms with Crippen LogP contribution < -0.4 is 5.32 Å². The molecule has 0 aromatic rings. The molecule has 0 saturated heterocycles. The minimum atomic E-state index is -5.65. The number of amides is 1. The monoisotopic (exact) mass is 295 g/mol. The van der Waals surface area contributed by atoms with Gasteiger partial charge in [0.1, 0.15) is 0 Å². The number of carbonyl (C=O) groups excluding carboxylic acids is 1. The second-order valence-corrected chi connectivity index (χ2v) is 3.95. The van der Waals surface area contributed by atoms with Crippen molar-refractivity contribution >= 4 is 5.91 Å².